The predicted octanol–water partition coefficient (Wildman–Crippen LogP) is 1.57. The van der Waals surface area contributed by atoms with Gasteiger partial charge in [0.15, 0.2) is 0 Å². The minimum Gasteiger partial charge on any atom is -0.352 e. The normalized spacial score (nSPS) is 11.8. The van der Waals surface area contributed by atoms with Gasteiger partial charge < -0.3 is 16.0 Å². The number of nitrogens with one attached hydrogen (secondary N) is 1. The van der Waals surface area contributed by atoms with Crippen molar-refractivity contribution in [2.24, 2.45) is 5.73 Å². The second-order valence-corrected chi connectivity index (χ2v) is 5.65. The smallest absolute Gasteiger partial charge is 0.312 e. The SMILES string of the molecule is CSCCC(NC(N)=O)C(=O)N(C)Cc1ccc(F)cc1. The molecule has 21 heavy (non-hydrogen) atoms. The fraction of sp³-hybridized carbons (Fsp3) is 0.429. The molecule has 1 aromatic carbocycles. The first-order valence-electron chi connectivity index (χ1n) is 6.48. The summed E-state index contributed by atoms with van der Waals surface area (Å²) in [6, 6.07) is 4.58. The molecule has 0 bridgehead atoms. The highest BCUT2D eigenvalue weighted by Crippen LogP contribution is 2.09. The van der Waals surface area contributed by atoms with E-state index in [1.165, 1.54) is 17.0 Å². The molecule has 0 spiro atoms. The van der Waals surface area contributed by atoms with E-state index in [1.807, 2.05) is 6.26 Å². The van der Waals surface area contributed by atoms with Gasteiger partial charge in [0, 0.05) is 13.6 Å². The number of carbonyl (C=O) groups excluding carboxylic acids is 2. The lowest BCUT2D eigenvalue weighted by Crippen LogP contribution is -2.49. The number of thioether (sulfide) groups is 1. The summed E-state index contributed by atoms with van der Waals surface area (Å²) in [6.07, 6.45) is 2.44. The predicted molar refractivity (Wildman–Crippen MR) is 82.4 cm³/mol. The van der Waals surface area contributed by atoms with Crippen LogP contribution < -0.4 is 11.1 Å². The van der Waals surface area contributed by atoms with Crippen molar-refractivity contribution in [2.75, 3.05) is 19.1 Å². The summed E-state index contributed by atoms with van der Waals surface area (Å²) in [6.45, 7) is 0.343. The molecule has 0 radical (unpaired) electrons. The average Bonchev–Trinajstić information content (AvgIpc) is 2.44. The van der Waals surface area contributed by atoms with Crippen molar-refractivity contribution in [3.05, 3.63) is 35.6 Å². The molecular formula is C14H20FN3O2S. The summed E-state index contributed by atoms with van der Waals surface area (Å²) in [4.78, 5) is 24.8. The summed E-state index contributed by atoms with van der Waals surface area (Å²) in [5.41, 5.74) is 5.92. The number of amides is 3. The highest BCUT2D eigenvalue weighted by Gasteiger charge is 2.22. The van der Waals surface area contributed by atoms with Crippen LogP contribution in [0.3, 0.4) is 0 Å². The van der Waals surface area contributed by atoms with Crippen LogP contribution in [0.5, 0.6) is 0 Å². The fourth-order valence-corrected chi connectivity index (χ4v) is 2.34. The van der Waals surface area contributed by atoms with Crippen LogP contribution in [0.15, 0.2) is 24.3 Å². The van der Waals surface area contributed by atoms with Gasteiger partial charge in [0.1, 0.15) is 11.9 Å². The molecule has 3 N–H and O–H groups in total. The molecular weight excluding hydrogens is 293 g/mol. The standard InChI is InChI=1S/C14H20FN3O2S/c1-18(9-10-3-5-11(15)6-4-10)13(19)12(7-8-21-2)17-14(16)20/h3-6,12H,7-9H2,1-2H3,(H3,16,17,20). The maximum atomic E-state index is 12.8. The summed E-state index contributed by atoms with van der Waals surface area (Å²) < 4.78 is 12.8. The van der Waals surface area contributed by atoms with Gasteiger partial charge in [-0.3, -0.25) is 4.79 Å². The minimum atomic E-state index is -0.718. The molecule has 5 nitrogen and oxygen atoms in total. The molecule has 1 unspecified atom stereocenters. The van der Waals surface area contributed by atoms with Gasteiger partial charge in [0.2, 0.25) is 5.91 Å². The molecule has 0 saturated heterocycles. The van der Waals surface area contributed by atoms with Crippen LogP contribution in [0.25, 0.3) is 0 Å². The third-order valence-electron chi connectivity index (χ3n) is 2.93. The molecule has 1 atom stereocenters. The van der Waals surface area contributed by atoms with Gasteiger partial charge in [0.25, 0.3) is 0 Å². The molecule has 1 rings (SSSR count). The molecule has 1 aromatic rings. The van der Waals surface area contributed by atoms with E-state index < -0.39 is 12.1 Å². The number of primary amides is 1. The maximum Gasteiger partial charge on any atom is 0.312 e. The van der Waals surface area contributed by atoms with Gasteiger partial charge in [-0.25, -0.2) is 9.18 Å². The van der Waals surface area contributed by atoms with Crippen molar-refractivity contribution in [3.8, 4) is 0 Å². The average molecular weight is 313 g/mol. The number of carbonyl (C=O) groups is 2. The first kappa shape index (κ1) is 17.3. The Bertz CT molecular complexity index is 482. The van der Waals surface area contributed by atoms with Crippen molar-refractivity contribution in [2.45, 2.75) is 19.0 Å². The van der Waals surface area contributed by atoms with Crippen LogP contribution in [0.1, 0.15) is 12.0 Å². The molecule has 0 aromatic heterocycles. The first-order valence-corrected chi connectivity index (χ1v) is 7.87. The third kappa shape index (κ3) is 6.03. The number of nitrogens with zero attached hydrogens (tertiary/aromatic N) is 1. The quantitative estimate of drug-likeness (QED) is 0.802. The zero-order chi connectivity index (χ0) is 15.8. The molecule has 116 valence electrons. The lowest BCUT2D eigenvalue weighted by molar-refractivity contribution is -0.132. The van der Waals surface area contributed by atoms with E-state index in [2.05, 4.69) is 5.32 Å². The van der Waals surface area contributed by atoms with Crippen molar-refractivity contribution in [1.82, 2.24) is 10.2 Å². The zero-order valence-corrected chi connectivity index (χ0v) is 13.0. The van der Waals surface area contributed by atoms with Crippen LogP contribution >= 0.6 is 11.8 Å². The van der Waals surface area contributed by atoms with E-state index in [0.717, 1.165) is 11.3 Å². The van der Waals surface area contributed by atoms with E-state index in [1.54, 1.807) is 30.9 Å². The molecule has 0 saturated carbocycles. The second-order valence-electron chi connectivity index (χ2n) is 4.66. The lowest BCUT2D eigenvalue weighted by Gasteiger charge is -2.24. The topological polar surface area (TPSA) is 75.4 Å². The van der Waals surface area contributed by atoms with E-state index in [-0.39, 0.29) is 11.7 Å². The van der Waals surface area contributed by atoms with E-state index >= 15 is 0 Å². The number of benzene rings is 1. The Morgan fingerprint density at radius 1 is 1.38 bits per heavy atom. The fourth-order valence-electron chi connectivity index (χ4n) is 1.87. The molecule has 0 heterocycles. The number of halogens is 1. The number of hydrogen-bond acceptors (Lipinski definition) is 3. The van der Waals surface area contributed by atoms with Crippen LogP contribution in [-0.4, -0.2) is 41.9 Å². The van der Waals surface area contributed by atoms with E-state index in [4.69, 9.17) is 5.73 Å². The Morgan fingerprint density at radius 2 is 2.00 bits per heavy atom. The Hall–Kier alpha value is -1.76. The number of likely N-dealkylation sites (N-methyl/N-ethyl adjacent to an activating group) is 1. The van der Waals surface area contributed by atoms with Crippen molar-refractivity contribution >= 4 is 23.7 Å². The van der Waals surface area contributed by atoms with Crippen LogP contribution in [0, 0.1) is 5.82 Å². The summed E-state index contributed by atoms with van der Waals surface area (Å²) >= 11 is 1.59. The minimum absolute atomic E-state index is 0.216. The lowest BCUT2D eigenvalue weighted by atomic mass is 10.1. The van der Waals surface area contributed by atoms with Crippen molar-refractivity contribution < 1.29 is 14.0 Å². The van der Waals surface area contributed by atoms with Gasteiger partial charge in [-0.1, -0.05) is 12.1 Å². The Labute approximate surface area is 128 Å². The third-order valence-corrected chi connectivity index (χ3v) is 3.58. The summed E-state index contributed by atoms with van der Waals surface area (Å²) in [7, 11) is 1.64. The molecule has 0 aliphatic carbocycles. The van der Waals surface area contributed by atoms with Crippen LogP contribution in [0.2, 0.25) is 0 Å². The molecule has 3 amide bonds. The number of nitrogens with two attached hydrogens (primary N) is 1. The highest BCUT2D eigenvalue weighted by atomic mass is 32.2. The molecule has 0 aliphatic heterocycles. The number of urea groups is 1. The molecule has 0 aliphatic rings. The Kier molecular flexibility index (Phi) is 7.01. The van der Waals surface area contributed by atoms with Crippen molar-refractivity contribution in [3.63, 3.8) is 0 Å². The van der Waals surface area contributed by atoms with Gasteiger partial charge in [-0.05, 0) is 36.1 Å². The van der Waals surface area contributed by atoms with Crippen molar-refractivity contribution in [1.29, 1.82) is 0 Å². The summed E-state index contributed by atoms with van der Waals surface area (Å²) in [5.74, 6) is 0.203. The molecule has 0 fully saturated rings. The first-order chi connectivity index (χ1) is 9.93. The zero-order valence-electron chi connectivity index (χ0n) is 12.1. The van der Waals surface area contributed by atoms with E-state index in [9.17, 15) is 14.0 Å². The largest absolute Gasteiger partial charge is 0.352 e. The van der Waals surface area contributed by atoms with Crippen LogP contribution in [-0.2, 0) is 11.3 Å². The van der Waals surface area contributed by atoms with Gasteiger partial charge in [-0.15, -0.1) is 0 Å². The number of hydrogen-bond donors (Lipinski definition) is 2. The Morgan fingerprint density at radius 3 is 2.52 bits per heavy atom. The van der Waals surface area contributed by atoms with Gasteiger partial charge in [0.05, 0.1) is 0 Å². The number of rotatable bonds is 7. The Balaban J connectivity index is 2.67. The van der Waals surface area contributed by atoms with E-state index in [0.29, 0.717) is 13.0 Å². The van der Waals surface area contributed by atoms with Crippen LogP contribution in [0.4, 0.5) is 9.18 Å². The summed E-state index contributed by atoms with van der Waals surface area (Å²) in [5, 5.41) is 2.46. The maximum absolute atomic E-state index is 12.8. The van der Waals surface area contributed by atoms with Gasteiger partial charge >= 0.3 is 6.03 Å². The highest BCUT2D eigenvalue weighted by molar-refractivity contribution is 7.98. The van der Waals surface area contributed by atoms with Gasteiger partial charge in [-0.2, -0.15) is 11.8 Å². The monoisotopic (exact) mass is 313 g/mol. The molecule has 7 heteroatoms. The second kappa shape index (κ2) is 8.51.